The topological polar surface area (TPSA) is 47.2 Å². The summed E-state index contributed by atoms with van der Waals surface area (Å²) in [6.45, 7) is 3.93. The summed E-state index contributed by atoms with van der Waals surface area (Å²) in [6, 6.07) is 8.27. The van der Waals surface area contributed by atoms with Gasteiger partial charge in [0.25, 0.3) is 0 Å². The number of nitrogens with one attached hydrogen (secondary N) is 1. The first-order valence-electron chi connectivity index (χ1n) is 7.61. The molecule has 4 heteroatoms. The average molecular weight is 274 g/mol. The standard InChI is InChI=1S/C16H22N2O2/c1-2-17-13-7-5-6-12(13)10-11-18-14-8-3-4-9-15(14)20-16(18)19/h3-4,8-9,12-13,17H,2,5-7,10-11H2,1H3. The first kappa shape index (κ1) is 13.4. The zero-order valence-corrected chi connectivity index (χ0v) is 12.0. The van der Waals surface area contributed by atoms with Crippen LogP contribution in [0.1, 0.15) is 32.6 Å². The summed E-state index contributed by atoms with van der Waals surface area (Å²) in [4.78, 5) is 11.9. The Hall–Kier alpha value is -1.55. The van der Waals surface area contributed by atoms with E-state index in [1.165, 1.54) is 19.3 Å². The van der Waals surface area contributed by atoms with Gasteiger partial charge in [-0.25, -0.2) is 4.79 Å². The van der Waals surface area contributed by atoms with Gasteiger partial charge >= 0.3 is 5.76 Å². The summed E-state index contributed by atoms with van der Waals surface area (Å²) in [6.07, 6.45) is 4.87. The van der Waals surface area contributed by atoms with Crippen LogP contribution in [0.5, 0.6) is 0 Å². The third-order valence-electron chi connectivity index (χ3n) is 4.42. The maximum Gasteiger partial charge on any atom is 0.419 e. The molecule has 1 saturated carbocycles. The quantitative estimate of drug-likeness (QED) is 0.912. The molecule has 2 unspecified atom stereocenters. The van der Waals surface area contributed by atoms with Crippen molar-refractivity contribution in [3.63, 3.8) is 0 Å². The first-order chi connectivity index (χ1) is 9.79. The lowest BCUT2D eigenvalue weighted by atomic mass is 9.99. The highest BCUT2D eigenvalue weighted by molar-refractivity contribution is 5.72. The predicted octanol–water partition coefficient (Wildman–Crippen LogP) is 2.76. The molecule has 2 aromatic rings. The van der Waals surface area contributed by atoms with Crippen LogP contribution in [-0.2, 0) is 6.54 Å². The van der Waals surface area contributed by atoms with Crippen LogP contribution in [0.25, 0.3) is 11.1 Å². The molecule has 0 radical (unpaired) electrons. The Morgan fingerprint density at radius 3 is 3.05 bits per heavy atom. The summed E-state index contributed by atoms with van der Waals surface area (Å²) >= 11 is 0. The van der Waals surface area contributed by atoms with E-state index in [-0.39, 0.29) is 5.76 Å². The van der Waals surface area contributed by atoms with Crippen molar-refractivity contribution in [2.45, 2.75) is 45.2 Å². The molecular weight excluding hydrogens is 252 g/mol. The van der Waals surface area contributed by atoms with Gasteiger partial charge in [0.05, 0.1) is 5.52 Å². The highest BCUT2D eigenvalue weighted by atomic mass is 16.4. The van der Waals surface area contributed by atoms with Gasteiger partial charge in [0, 0.05) is 12.6 Å². The van der Waals surface area contributed by atoms with Crippen molar-refractivity contribution in [3.8, 4) is 0 Å². The molecule has 1 N–H and O–H groups in total. The number of fused-ring (bicyclic) bond motifs is 1. The van der Waals surface area contributed by atoms with Gasteiger partial charge in [-0.3, -0.25) is 4.57 Å². The Labute approximate surface area is 118 Å². The lowest BCUT2D eigenvalue weighted by Crippen LogP contribution is -2.33. The molecule has 1 aliphatic carbocycles. The number of rotatable bonds is 5. The minimum atomic E-state index is -0.232. The molecule has 1 aliphatic rings. The second-order valence-corrected chi connectivity index (χ2v) is 5.63. The van der Waals surface area contributed by atoms with E-state index >= 15 is 0 Å². The van der Waals surface area contributed by atoms with Gasteiger partial charge in [0.2, 0.25) is 0 Å². The second kappa shape index (κ2) is 5.83. The number of para-hydroxylation sites is 2. The summed E-state index contributed by atoms with van der Waals surface area (Å²) in [5.41, 5.74) is 1.60. The zero-order chi connectivity index (χ0) is 13.9. The molecule has 2 atom stereocenters. The lowest BCUT2D eigenvalue weighted by molar-refractivity contribution is 0.360. The number of aryl methyl sites for hydroxylation is 1. The third kappa shape index (κ3) is 2.52. The maximum atomic E-state index is 11.9. The second-order valence-electron chi connectivity index (χ2n) is 5.63. The largest absolute Gasteiger partial charge is 0.419 e. The van der Waals surface area contributed by atoms with Gasteiger partial charge in [-0.15, -0.1) is 0 Å². The van der Waals surface area contributed by atoms with E-state index in [4.69, 9.17) is 4.42 Å². The summed E-state index contributed by atoms with van der Waals surface area (Å²) in [5.74, 6) is 0.444. The van der Waals surface area contributed by atoms with Gasteiger partial charge < -0.3 is 9.73 Å². The van der Waals surface area contributed by atoms with Gasteiger partial charge in [-0.05, 0) is 43.9 Å². The van der Waals surface area contributed by atoms with Crippen molar-refractivity contribution in [1.29, 1.82) is 0 Å². The van der Waals surface area contributed by atoms with Crippen molar-refractivity contribution in [2.75, 3.05) is 6.54 Å². The van der Waals surface area contributed by atoms with E-state index < -0.39 is 0 Å². The Morgan fingerprint density at radius 1 is 1.35 bits per heavy atom. The fraction of sp³-hybridized carbons (Fsp3) is 0.562. The SMILES string of the molecule is CCNC1CCCC1CCn1c(=O)oc2ccccc21. The zero-order valence-electron chi connectivity index (χ0n) is 12.0. The molecule has 0 amide bonds. The third-order valence-corrected chi connectivity index (χ3v) is 4.42. The molecule has 1 heterocycles. The Kier molecular flexibility index (Phi) is 3.92. The van der Waals surface area contributed by atoms with E-state index in [0.29, 0.717) is 17.5 Å². The highest BCUT2D eigenvalue weighted by Crippen LogP contribution is 2.29. The van der Waals surface area contributed by atoms with Gasteiger partial charge in [0.1, 0.15) is 0 Å². The average Bonchev–Trinajstić information content (AvgIpc) is 3.01. The molecule has 1 aromatic heterocycles. The van der Waals surface area contributed by atoms with E-state index in [1.807, 2.05) is 24.3 Å². The first-order valence-corrected chi connectivity index (χ1v) is 7.61. The minimum Gasteiger partial charge on any atom is -0.408 e. The van der Waals surface area contributed by atoms with Gasteiger partial charge in [-0.2, -0.15) is 0 Å². The van der Waals surface area contributed by atoms with Crippen molar-refractivity contribution >= 4 is 11.1 Å². The molecule has 0 bridgehead atoms. The summed E-state index contributed by atoms with van der Waals surface area (Å²) in [7, 11) is 0. The van der Waals surface area contributed by atoms with Crippen molar-refractivity contribution in [1.82, 2.24) is 9.88 Å². The van der Waals surface area contributed by atoms with E-state index in [0.717, 1.165) is 25.0 Å². The maximum absolute atomic E-state index is 11.9. The van der Waals surface area contributed by atoms with Crippen molar-refractivity contribution in [2.24, 2.45) is 5.92 Å². The van der Waals surface area contributed by atoms with Crippen LogP contribution < -0.4 is 11.1 Å². The number of hydrogen-bond acceptors (Lipinski definition) is 3. The Balaban J connectivity index is 1.74. The number of benzene rings is 1. The number of oxazole rings is 1. The van der Waals surface area contributed by atoms with Crippen LogP contribution >= 0.6 is 0 Å². The monoisotopic (exact) mass is 274 g/mol. The number of hydrogen-bond donors (Lipinski definition) is 1. The van der Waals surface area contributed by atoms with E-state index in [2.05, 4.69) is 12.2 Å². The lowest BCUT2D eigenvalue weighted by Gasteiger charge is -2.20. The van der Waals surface area contributed by atoms with Crippen molar-refractivity contribution < 1.29 is 4.42 Å². The van der Waals surface area contributed by atoms with Crippen LogP contribution in [0.15, 0.2) is 33.5 Å². The van der Waals surface area contributed by atoms with Crippen LogP contribution in [-0.4, -0.2) is 17.2 Å². The Bertz CT molecular complexity index is 629. The molecule has 108 valence electrons. The van der Waals surface area contributed by atoms with Crippen LogP contribution in [0.3, 0.4) is 0 Å². The van der Waals surface area contributed by atoms with E-state index in [1.54, 1.807) is 4.57 Å². The number of aromatic nitrogens is 1. The molecule has 0 spiro atoms. The minimum absolute atomic E-state index is 0.232. The molecule has 0 aliphatic heterocycles. The van der Waals surface area contributed by atoms with Crippen LogP contribution in [0.2, 0.25) is 0 Å². The molecule has 20 heavy (non-hydrogen) atoms. The van der Waals surface area contributed by atoms with Gasteiger partial charge in [0.15, 0.2) is 5.58 Å². The van der Waals surface area contributed by atoms with Crippen molar-refractivity contribution in [3.05, 3.63) is 34.8 Å². The Morgan fingerprint density at radius 2 is 2.20 bits per heavy atom. The predicted molar refractivity (Wildman–Crippen MR) is 79.9 cm³/mol. The summed E-state index contributed by atoms with van der Waals surface area (Å²) < 4.78 is 7.05. The molecular formula is C16H22N2O2. The summed E-state index contributed by atoms with van der Waals surface area (Å²) in [5, 5.41) is 3.57. The smallest absolute Gasteiger partial charge is 0.408 e. The molecule has 0 saturated heterocycles. The fourth-order valence-electron chi connectivity index (χ4n) is 3.43. The molecule has 4 nitrogen and oxygen atoms in total. The fourth-order valence-corrected chi connectivity index (χ4v) is 3.43. The molecule has 1 fully saturated rings. The van der Waals surface area contributed by atoms with Crippen LogP contribution in [0, 0.1) is 5.92 Å². The normalized spacial score (nSPS) is 22.6. The molecule has 3 rings (SSSR count). The van der Waals surface area contributed by atoms with E-state index in [9.17, 15) is 4.79 Å². The highest BCUT2D eigenvalue weighted by Gasteiger charge is 2.26. The van der Waals surface area contributed by atoms with Gasteiger partial charge in [-0.1, -0.05) is 25.5 Å². The molecule has 1 aromatic carbocycles. The van der Waals surface area contributed by atoms with Crippen LogP contribution in [0.4, 0.5) is 0 Å². The number of nitrogens with zero attached hydrogens (tertiary/aromatic N) is 1.